The molecule has 1 atom stereocenters. The number of carbonyl (C=O) groups excluding carboxylic acids is 1. The maximum Gasteiger partial charge on any atom is 0.312 e. The van der Waals surface area contributed by atoms with Crippen molar-refractivity contribution in [3.63, 3.8) is 0 Å². The number of hydrogen-bond donors (Lipinski definition) is 2. The van der Waals surface area contributed by atoms with Crippen LogP contribution in [0.4, 0.5) is 16.4 Å². The zero-order valence-electron chi connectivity index (χ0n) is 13.2. The molecule has 0 saturated carbocycles. The summed E-state index contributed by atoms with van der Waals surface area (Å²) in [5, 5.41) is 2.66. The molecule has 3 N–H and O–H groups in total. The second kappa shape index (κ2) is 6.25. The number of urea groups is 1. The van der Waals surface area contributed by atoms with Gasteiger partial charge in [-0.15, -0.1) is 0 Å². The van der Waals surface area contributed by atoms with E-state index in [1.165, 1.54) is 0 Å². The third kappa shape index (κ3) is 2.85. The first-order valence-corrected chi connectivity index (χ1v) is 7.37. The van der Waals surface area contributed by atoms with Crippen molar-refractivity contribution in [2.75, 3.05) is 37.2 Å². The van der Waals surface area contributed by atoms with Crippen molar-refractivity contribution in [3.05, 3.63) is 35.9 Å². The number of anilines is 2. The summed E-state index contributed by atoms with van der Waals surface area (Å²) in [7, 11) is 3.62. The summed E-state index contributed by atoms with van der Waals surface area (Å²) in [6.07, 6.45) is 8.24. The van der Waals surface area contributed by atoms with E-state index in [0.29, 0.717) is 13.3 Å². The molecule has 1 aliphatic heterocycles. The van der Waals surface area contributed by atoms with Crippen LogP contribution >= 0.6 is 0 Å². The number of nitrogens with two attached hydrogens (primary N) is 1. The molecule has 1 aromatic heterocycles. The molecule has 2 aliphatic rings. The number of aromatic nitrogens is 2. The number of allylic oxidation sites excluding steroid dienone is 2. The van der Waals surface area contributed by atoms with E-state index in [9.17, 15) is 4.79 Å². The summed E-state index contributed by atoms with van der Waals surface area (Å²) in [5.41, 5.74) is 7.32. The summed E-state index contributed by atoms with van der Waals surface area (Å²) >= 11 is 0. The van der Waals surface area contributed by atoms with Crippen molar-refractivity contribution < 1.29 is 9.53 Å². The maximum absolute atomic E-state index is 10.9. The van der Waals surface area contributed by atoms with E-state index in [4.69, 9.17) is 10.5 Å². The van der Waals surface area contributed by atoms with Crippen LogP contribution < -0.4 is 20.9 Å². The standard InChI is InChI=1S/C15H20N6O2/c1-20-11-4-3-10(8-19-15(16)22)7-12(11)21(9-23-2)14-13(20)17-5-6-18-14/h3-6,10H,7-9H2,1-2H3,(H3,16,19,22). The molecule has 0 spiro atoms. The normalized spacial score (nSPS) is 19.5. The smallest absolute Gasteiger partial charge is 0.312 e. The molecule has 8 nitrogen and oxygen atoms in total. The molecule has 8 heteroatoms. The number of nitrogens with one attached hydrogen (secondary N) is 1. The Hall–Kier alpha value is -2.61. The van der Waals surface area contributed by atoms with Crippen LogP contribution in [-0.2, 0) is 4.74 Å². The highest BCUT2D eigenvalue weighted by Crippen LogP contribution is 2.40. The predicted molar refractivity (Wildman–Crippen MR) is 86.6 cm³/mol. The van der Waals surface area contributed by atoms with Crippen LogP contribution in [0.15, 0.2) is 35.9 Å². The zero-order valence-corrected chi connectivity index (χ0v) is 13.2. The minimum absolute atomic E-state index is 0.173. The van der Waals surface area contributed by atoms with Crippen molar-refractivity contribution in [1.29, 1.82) is 0 Å². The molecule has 0 aromatic carbocycles. The number of methoxy groups -OCH3 is 1. The van der Waals surface area contributed by atoms with E-state index in [0.717, 1.165) is 29.5 Å². The van der Waals surface area contributed by atoms with Crippen LogP contribution in [0, 0.1) is 5.92 Å². The Morgan fingerprint density at radius 3 is 2.87 bits per heavy atom. The van der Waals surface area contributed by atoms with Gasteiger partial charge < -0.3 is 25.6 Å². The monoisotopic (exact) mass is 316 g/mol. The second-order valence-corrected chi connectivity index (χ2v) is 5.51. The number of rotatable bonds is 4. The van der Waals surface area contributed by atoms with E-state index in [-0.39, 0.29) is 5.92 Å². The van der Waals surface area contributed by atoms with Gasteiger partial charge >= 0.3 is 6.03 Å². The number of primary amides is 1. The van der Waals surface area contributed by atoms with Gasteiger partial charge in [0.2, 0.25) is 0 Å². The lowest BCUT2D eigenvalue weighted by molar-refractivity contribution is 0.200. The molecular formula is C15H20N6O2. The Morgan fingerprint density at radius 2 is 2.17 bits per heavy atom. The van der Waals surface area contributed by atoms with E-state index in [1.54, 1.807) is 19.5 Å². The van der Waals surface area contributed by atoms with Gasteiger partial charge in [0.05, 0.1) is 5.70 Å². The molecule has 122 valence electrons. The van der Waals surface area contributed by atoms with Crippen molar-refractivity contribution in [2.24, 2.45) is 11.7 Å². The van der Waals surface area contributed by atoms with Crippen LogP contribution in [0.3, 0.4) is 0 Å². The fourth-order valence-electron chi connectivity index (χ4n) is 2.93. The summed E-state index contributed by atoms with van der Waals surface area (Å²) in [4.78, 5) is 23.9. The van der Waals surface area contributed by atoms with Crippen LogP contribution in [0.5, 0.6) is 0 Å². The van der Waals surface area contributed by atoms with E-state index < -0.39 is 6.03 Å². The zero-order chi connectivity index (χ0) is 16.4. The number of likely N-dealkylation sites (N-methyl/N-ethyl adjacent to an activating group) is 1. The van der Waals surface area contributed by atoms with Gasteiger partial charge in [-0.25, -0.2) is 14.8 Å². The fraction of sp³-hybridized carbons (Fsp3) is 0.400. The molecule has 3 rings (SSSR count). The van der Waals surface area contributed by atoms with E-state index in [2.05, 4.69) is 21.4 Å². The van der Waals surface area contributed by atoms with E-state index in [1.807, 2.05) is 22.9 Å². The van der Waals surface area contributed by atoms with Crippen LogP contribution in [0.1, 0.15) is 6.42 Å². The molecule has 0 bridgehead atoms. The van der Waals surface area contributed by atoms with Crippen LogP contribution in [0.2, 0.25) is 0 Å². The van der Waals surface area contributed by atoms with Gasteiger partial charge in [0, 0.05) is 44.7 Å². The number of hydrogen-bond acceptors (Lipinski definition) is 6. The molecule has 1 aliphatic carbocycles. The number of amides is 2. The minimum atomic E-state index is -0.510. The van der Waals surface area contributed by atoms with Crippen LogP contribution in [0.25, 0.3) is 0 Å². The summed E-state index contributed by atoms with van der Waals surface area (Å²) in [6, 6.07) is -0.510. The molecule has 0 saturated heterocycles. The lowest BCUT2D eigenvalue weighted by Gasteiger charge is -2.40. The lowest BCUT2D eigenvalue weighted by atomic mass is 9.94. The molecule has 23 heavy (non-hydrogen) atoms. The molecule has 0 fully saturated rings. The first kappa shape index (κ1) is 15.3. The van der Waals surface area contributed by atoms with Gasteiger partial charge in [-0.2, -0.15) is 0 Å². The van der Waals surface area contributed by atoms with Crippen molar-refractivity contribution in [1.82, 2.24) is 15.3 Å². The molecular weight excluding hydrogens is 296 g/mol. The summed E-state index contributed by atoms with van der Waals surface area (Å²) < 4.78 is 5.35. The van der Waals surface area contributed by atoms with Gasteiger partial charge in [-0.05, 0) is 12.5 Å². The van der Waals surface area contributed by atoms with Crippen molar-refractivity contribution >= 4 is 17.7 Å². The number of carbonyl (C=O) groups is 1. The fourth-order valence-corrected chi connectivity index (χ4v) is 2.93. The maximum atomic E-state index is 10.9. The van der Waals surface area contributed by atoms with Crippen LogP contribution in [-0.4, -0.2) is 43.4 Å². The Balaban J connectivity index is 1.91. The third-order valence-electron chi connectivity index (χ3n) is 4.00. The SMILES string of the molecule is COCN1C2=C(C=CC(CNC(N)=O)C2)N(C)c2nccnc21. The number of fused-ring (bicyclic) bond motifs is 1. The van der Waals surface area contributed by atoms with Crippen molar-refractivity contribution in [3.8, 4) is 0 Å². The van der Waals surface area contributed by atoms with Gasteiger partial charge in [-0.3, -0.25) is 0 Å². The number of ether oxygens (including phenoxy) is 1. The predicted octanol–water partition coefficient (Wildman–Crippen LogP) is 0.793. The number of nitrogens with zero attached hydrogens (tertiary/aromatic N) is 4. The average molecular weight is 316 g/mol. The molecule has 1 aromatic rings. The first-order chi connectivity index (χ1) is 11.1. The van der Waals surface area contributed by atoms with Gasteiger partial charge in [0.1, 0.15) is 6.73 Å². The Bertz CT molecular complexity index is 672. The lowest BCUT2D eigenvalue weighted by Crippen LogP contribution is -2.40. The topological polar surface area (TPSA) is 96.6 Å². The van der Waals surface area contributed by atoms with E-state index >= 15 is 0 Å². The third-order valence-corrected chi connectivity index (χ3v) is 4.00. The molecule has 2 heterocycles. The Kier molecular flexibility index (Phi) is 4.16. The Labute approximate surface area is 134 Å². The highest BCUT2D eigenvalue weighted by molar-refractivity contribution is 5.74. The first-order valence-electron chi connectivity index (χ1n) is 7.37. The highest BCUT2D eigenvalue weighted by atomic mass is 16.5. The minimum Gasteiger partial charge on any atom is -0.364 e. The van der Waals surface area contributed by atoms with Gasteiger partial charge in [0.25, 0.3) is 0 Å². The molecule has 2 amide bonds. The molecule has 1 unspecified atom stereocenters. The average Bonchev–Trinajstić information content (AvgIpc) is 2.56. The van der Waals surface area contributed by atoms with Crippen molar-refractivity contribution in [2.45, 2.75) is 6.42 Å². The van der Waals surface area contributed by atoms with Gasteiger partial charge in [-0.1, -0.05) is 6.08 Å². The molecule has 0 radical (unpaired) electrons. The highest BCUT2D eigenvalue weighted by Gasteiger charge is 2.32. The summed E-state index contributed by atoms with van der Waals surface area (Å²) in [5.74, 6) is 1.74. The summed E-state index contributed by atoms with van der Waals surface area (Å²) in [6.45, 7) is 0.892. The quantitative estimate of drug-likeness (QED) is 0.852. The largest absolute Gasteiger partial charge is 0.364 e. The second-order valence-electron chi connectivity index (χ2n) is 5.51. The Morgan fingerprint density at radius 1 is 1.43 bits per heavy atom. The van der Waals surface area contributed by atoms with Gasteiger partial charge in [0.15, 0.2) is 11.6 Å².